The van der Waals surface area contributed by atoms with E-state index in [1.807, 2.05) is 30.3 Å². The van der Waals surface area contributed by atoms with E-state index in [0.717, 1.165) is 23.9 Å². The Hall–Kier alpha value is -2.02. The Bertz CT molecular complexity index is 550. The Morgan fingerprint density at radius 3 is 2.68 bits per heavy atom. The van der Waals surface area contributed by atoms with E-state index in [1.54, 1.807) is 4.90 Å². The Kier molecular flexibility index (Phi) is 5.83. The largest absolute Gasteiger partial charge is 0.481 e. The fraction of sp³-hybridized carbons (Fsp3) is 0.400. The van der Waals surface area contributed by atoms with Gasteiger partial charge in [-0.1, -0.05) is 18.2 Å². The second-order valence-corrected chi connectivity index (χ2v) is 5.96. The summed E-state index contributed by atoms with van der Waals surface area (Å²) in [4.78, 5) is 36.3. The molecule has 6 nitrogen and oxygen atoms in total. The van der Waals surface area contributed by atoms with Gasteiger partial charge in [-0.3, -0.25) is 14.4 Å². The second kappa shape index (κ2) is 7.84. The number of benzene rings is 1. The monoisotopic (exact) mass is 322 g/mol. The molecule has 2 N–H and O–H groups in total. The van der Waals surface area contributed by atoms with Gasteiger partial charge >= 0.3 is 5.97 Å². The van der Waals surface area contributed by atoms with Gasteiger partial charge in [-0.05, 0) is 25.0 Å². The summed E-state index contributed by atoms with van der Waals surface area (Å²) in [5, 5.41) is 11.2. The number of carbonyl (C=O) groups excluding carboxylic acids is 2. The first-order chi connectivity index (χ1) is 10.6. The van der Waals surface area contributed by atoms with Gasteiger partial charge in [0.15, 0.2) is 0 Å². The lowest BCUT2D eigenvalue weighted by molar-refractivity contribution is -0.133. The van der Waals surface area contributed by atoms with Gasteiger partial charge in [0.1, 0.15) is 6.04 Å². The maximum atomic E-state index is 12.5. The molecule has 1 aromatic rings. The minimum atomic E-state index is -0.957. The lowest BCUT2D eigenvalue weighted by Gasteiger charge is -2.32. The molecule has 1 aromatic carbocycles. The lowest BCUT2D eigenvalue weighted by atomic mass is 10.0. The highest BCUT2D eigenvalue weighted by atomic mass is 32.2. The molecule has 7 heteroatoms. The van der Waals surface area contributed by atoms with E-state index < -0.39 is 12.0 Å². The average Bonchev–Trinajstić information content (AvgIpc) is 2.50. The van der Waals surface area contributed by atoms with Crippen LogP contribution in [0.15, 0.2) is 30.3 Å². The molecule has 118 valence electrons. The van der Waals surface area contributed by atoms with Crippen molar-refractivity contribution in [3.63, 3.8) is 0 Å². The second-order valence-electron chi connectivity index (χ2n) is 4.97. The van der Waals surface area contributed by atoms with E-state index in [4.69, 9.17) is 5.11 Å². The number of carbonyl (C=O) groups is 3. The molecule has 1 fully saturated rings. The maximum absolute atomic E-state index is 12.5. The number of nitrogens with zero attached hydrogens (tertiary/aromatic N) is 1. The van der Waals surface area contributed by atoms with Crippen LogP contribution < -0.4 is 10.2 Å². The SMILES string of the molecule is O=C(O)CSCC(=O)NC1CCCN(c2ccccc2)C1=O. The van der Waals surface area contributed by atoms with E-state index in [-0.39, 0.29) is 23.3 Å². The number of thioether (sulfide) groups is 1. The first-order valence-corrected chi connectivity index (χ1v) is 8.18. The number of aliphatic carboxylic acids is 1. The first kappa shape index (κ1) is 16.4. The molecular formula is C15H18N2O4S. The Balaban J connectivity index is 1.90. The van der Waals surface area contributed by atoms with E-state index >= 15 is 0 Å². The number of carboxylic acids is 1. The van der Waals surface area contributed by atoms with Crippen LogP contribution in [0.3, 0.4) is 0 Å². The van der Waals surface area contributed by atoms with Gasteiger partial charge in [-0.25, -0.2) is 0 Å². The van der Waals surface area contributed by atoms with Gasteiger partial charge < -0.3 is 15.3 Å². The summed E-state index contributed by atoms with van der Waals surface area (Å²) in [5.41, 5.74) is 0.826. The summed E-state index contributed by atoms with van der Waals surface area (Å²) in [5.74, 6) is -1.46. The number of hydrogen-bond acceptors (Lipinski definition) is 4. The predicted octanol–water partition coefficient (Wildman–Crippen LogP) is 1.12. The van der Waals surface area contributed by atoms with Crippen LogP contribution in [-0.4, -0.2) is 47.0 Å². The highest BCUT2D eigenvalue weighted by Crippen LogP contribution is 2.20. The maximum Gasteiger partial charge on any atom is 0.313 e. The van der Waals surface area contributed by atoms with Crippen molar-refractivity contribution in [3.8, 4) is 0 Å². The van der Waals surface area contributed by atoms with E-state index in [2.05, 4.69) is 5.32 Å². The molecule has 1 unspecified atom stereocenters. The standard InChI is InChI=1S/C15H18N2O4S/c18-13(9-22-10-14(19)20)16-12-7-4-8-17(15(12)21)11-5-2-1-3-6-11/h1-3,5-6,12H,4,7-10H2,(H,16,18)(H,19,20). The van der Waals surface area contributed by atoms with Crippen LogP contribution in [0.2, 0.25) is 0 Å². The quantitative estimate of drug-likeness (QED) is 0.819. The number of para-hydroxylation sites is 1. The molecule has 0 saturated carbocycles. The number of piperidine rings is 1. The zero-order chi connectivity index (χ0) is 15.9. The third kappa shape index (κ3) is 4.49. The lowest BCUT2D eigenvalue weighted by Crippen LogP contribution is -2.52. The van der Waals surface area contributed by atoms with Gasteiger partial charge in [-0.2, -0.15) is 0 Å². The molecule has 2 amide bonds. The molecule has 1 heterocycles. The van der Waals surface area contributed by atoms with Crippen molar-refractivity contribution in [2.75, 3.05) is 23.0 Å². The minimum absolute atomic E-state index is 0.0431. The van der Waals surface area contributed by atoms with Crippen molar-refractivity contribution in [1.82, 2.24) is 5.32 Å². The van der Waals surface area contributed by atoms with E-state index in [1.165, 1.54) is 0 Å². The van der Waals surface area contributed by atoms with Crippen molar-refractivity contribution in [2.24, 2.45) is 0 Å². The smallest absolute Gasteiger partial charge is 0.313 e. The summed E-state index contributed by atoms with van der Waals surface area (Å²) in [6, 6.07) is 8.82. The summed E-state index contributed by atoms with van der Waals surface area (Å²) in [7, 11) is 0. The van der Waals surface area contributed by atoms with Gasteiger partial charge in [0.05, 0.1) is 11.5 Å². The molecular weight excluding hydrogens is 304 g/mol. The fourth-order valence-electron chi connectivity index (χ4n) is 2.34. The van der Waals surface area contributed by atoms with Gasteiger partial charge in [0, 0.05) is 12.2 Å². The van der Waals surface area contributed by atoms with Crippen LogP contribution in [0, 0.1) is 0 Å². The average molecular weight is 322 g/mol. The Morgan fingerprint density at radius 2 is 2.00 bits per heavy atom. The highest BCUT2D eigenvalue weighted by molar-refractivity contribution is 8.00. The van der Waals surface area contributed by atoms with Crippen molar-refractivity contribution < 1.29 is 19.5 Å². The molecule has 22 heavy (non-hydrogen) atoms. The van der Waals surface area contributed by atoms with Crippen molar-refractivity contribution >= 4 is 35.2 Å². The third-order valence-corrected chi connectivity index (χ3v) is 4.22. The molecule has 1 atom stereocenters. The number of hydrogen-bond donors (Lipinski definition) is 2. The molecule has 0 bridgehead atoms. The summed E-state index contributed by atoms with van der Waals surface area (Å²) in [6.45, 7) is 0.642. The van der Waals surface area contributed by atoms with Gasteiger partial charge in [0.25, 0.3) is 0 Å². The number of amides is 2. The number of nitrogens with one attached hydrogen (secondary N) is 1. The zero-order valence-corrected chi connectivity index (χ0v) is 12.8. The fourth-order valence-corrected chi connectivity index (χ4v) is 2.89. The Labute approximate surface area is 132 Å². The normalized spacial score (nSPS) is 18.1. The van der Waals surface area contributed by atoms with Gasteiger partial charge in [0.2, 0.25) is 11.8 Å². The van der Waals surface area contributed by atoms with Crippen LogP contribution in [-0.2, 0) is 14.4 Å². The zero-order valence-electron chi connectivity index (χ0n) is 12.0. The number of carboxylic acid groups (broad SMARTS) is 1. The summed E-state index contributed by atoms with van der Waals surface area (Å²) >= 11 is 1.02. The van der Waals surface area contributed by atoms with Crippen molar-refractivity contribution in [1.29, 1.82) is 0 Å². The number of anilines is 1. The topological polar surface area (TPSA) is 86.7 Å². The number of rotatable bonds is 6. The van der Waals surface area contributed by atoms with Crippen LogP contribution in [0.4, 0.5) is 5.69 Å². The summed E-state index contributed by atoms with van der Waals surface area (Å²) in [6.07, 6.45) is 1.42. The minimum Gasteiger partial charge on any atom is -0.481 e. The van der Waals surface area contributed by atoms with Gasteiger partial charge in [-0.15, -0.1) is 11.8 Å². The molecule has 0 aliphatic carbocycles. The van der Waals surface area contributed by atoms with Crippen LogP contribution in [0.1, 0.15) is 12.8 Å². The van der Waals surface area contributed by atoms with Crippen molar-refractivity contribution in [3.05, 3.63) is 30.3 Å². The molecule has 0 aromatic heterocycles. The van der Waals surface area contributed by atoms with Crippen LogP contribution in [0.25, 0.3) is 0 Å². The van der Waals surface area contributed by atoms with Crippen LogP contribution in [0.5, 0.6) is 0 Å². The third-order valence-electron chi connectivity index (χ3n) is 3.30. The van der Waals surface area contributed by atoms with Crippen molar-refractivity contribution in [2.45, 2.75) is 18.9 Å². The molecule has 2 rings (SSSR count). The van der Waals surface area contributed by atoms with E-state index in [0.29, 0.717) is 13.0 Å². The molecule has 0 radical (unpaired) electrons. The molecule has 1 saturated heterocycles. The van der Waals surface area contributed by atoms with E-state index in [9.17, 15) is 14.4 Å². The highest BCUT2D eigenvalue weighted by Gasteiger charge is 2.30. The molecule has 1 aliphatic heterocycles. The molecule has 0 spiro atoms. The Morgan fingerprint density at radius 1 is 1.27 bits per heavy atom. The molecule has 1 aliphatic rings. The predicted molar refractivity (Wildman–Crippen MR) is 84.9 cm³/mol. The first-order valence-electron chi connectivity index (χ1n) is 7.03. The summed E-state index contributed by atoms with van der Waals surface area (Å²) < 4.78 is 0. The van der Waals surface area contributed by atoms with Crippen LogP contribution >= 0.6 is 11.8 Å².